The molecule has 0 aromatic carbocycles. The third kappa shape index (κ3) is 2.17. The molecule has 19 heavy (non-hydrogen) atoms. The number of aromatic nitrogens is 4. The topological polar surface area (TPSA) is 93.3 Å². The number of hydrogen-bond donors (Lipinski definition) is 2. The number of aliphatic hydroxyl groups is 2. The summed E-state index contributed by atoms with van der Waals surface area (Å²) in [7, 11) is 0. The highest BCUT2D eigenvalue weighted by molar-refractivity contribution is 6.35. The summed E-state index contributed by atoms with van der Waals surface area (Å²) >= 11 is 11.7. The predicted molar refractivity (Wildman–Crippen MR) is 67.0 cm³/mol. The second-order valence-corrected chi connectivity index (χ2v) is 4.92. The van der Waals surface area contributed by atoms with E-state index in [1.807, 2.05) is 0 Å². The standard InChI is InChI=1S/C10H10Cl2N4O3/c11-8-7-9(15-10(12)14-8)16(3-13-7)6-1-4(18)5(2-17)19-6/h3-6,17-18H,1-2H2/t4-,5+,6-/m1/s1. The van der Waals surface area contributed by atoms with Crippen molar-refractivity contribution >= 4 is 34.4 Å². The molecular formula is C10H10Cl2N4O3. The molecule has 0 saturated carbocycles. The first kappa shape index (κ1) is 13.0. The van der Waals surface area contributed by atoms with Crippen molar-refractivity contribution in [2.45, 2.75) is 24.9 Å². The fourth-order valence-electron chi connectivity index (χ4n) is 2.12. The maximum Gasteiger partial charge on any atom is 0.225 e. The molecule has 2 aromatic rings. The van der Waals surface area contributed by atoms with E-state index in [0.717, 1.165) is 0 Å². The van der Waals surface area contributed by atoms with Crippen LogP contribution in [0.5, 0.6) is 0 Å². The molecule has 2 N–H and O–H groups in total. The summed E-state index contributed by atoms with van der Waals surface area (Å²) in [4.78, 5) is 12.0. The van der Waals surface area contributed by atoms with Gasteiger partial charge in [-0.25, -0.2) is 9.97 Å². The highest BCUT2D eigenvalue weighted by Gasteiger charge is 2.35. The Kier molecular flexibility index (Phi) is 3.32. The van der Waals surface area contributed by atoms with Crippen molar-refractivity contribution in [3.63, 3.8) is 0 Å². The van der Waals surface area contributed by atoms with E-state index in [2.05, 4.69) is 15.0 Å². The highest BCUT2D eigenvalue weighted by atomic mass is 35.5. The van der Waals surface area contributed by atoms with Crippen LogP contribution in [0.2, 0.25) is 10.4 Å². The van der Waals surface area contributed by atoms with Crippen molar-refractivity contribution in [3.8, 4) is 0 Å². The molecule has 102 valence electrons. The largest absolute Gasteiger partial charge is 0.394 e. The molecule has 0 radical (unpaired) electrons. The van der Waals surface area contributed by atoms with E-state index in [-0.39, 0.29) is 17.0 Å². The molecule has 3 heterocycles. The number of rotatable bonds is 2. The fourth-order valence-corrected chi connectivity index (χ4v) is 2.54. The van der Waals surface area contributed by atoms with Crippen LogP contribution in [0.15, 0.2) is 6.33 Å². The highest BCUT2D eigenvalue weighted by Crippen LogP contribution is 2.31. The number of aliphatic hydroxyl groups excluding tert-OH is 2. The van der Waals surface area contributed by atoms with Gasteiger partial charge in [0.15, 0.2) is 10.8 Å². The van der Waals surface area contributed by atoms with Gasteiger partial charge in [-0.3, -0.25) is 4.57 Å². The third-order valence-corrected chi connectivity index (χ3v) is 3.48. The number of fused-ring (bicyclic) bond motifs is 1. The first-order chi connectivity index (χ1) is 9.10. The fraction of sp³-hybridized carbons (Fsp3) is 0.500. The molecule has 1 aliphatic rings. The van der Waals surface area contributed by atoms with Gasteiger partial charge >= 0.3 is 0 Å². The van der Waals surface area contributed by atoms with Crippen LogP contribution < -0.4 is 0 Å². The van der Waals surface area contributed by atoms with E-state index < -0.39 is 18.4 Å². The zero-order chi connectivity index (χ0) is 13.6. The zero-order valence-electron chi connectivity index (χ0n) is 9.57. The smallest absolute Gasteiger partial charge is 0.225 e. The molecular weight excluding hydrogens is 295 g/mol. The summed E-state index contributed by atoms with van der Waals surface area (Å²) in [5.41, 5.74) is 0.845. The minimum absolute atomic E-state index is 0.0107. The normalized spacial score (nSPS) is 27.3. The third-order valence-electron chi connectivity index (χ3n) is 3.05. The molecule has 9 heteroatoms. The van der Waals surface area contributed by atoms with E-state index >= 15 is 0 Å². The van der Waals surface area contributed by atoms with Crippen LogP contribution in [0.4, 0.5) is 0 Å². The van der Waals surface area contributed by atoms with Crippen LogP contribution in [0.1, 0.15) is 12.6 Å². The molecule has 0 unspecified atom stereocenters. The predicted octanol–water partition coefficient (Wildman–Crippen LogP) is 0.774. The quantitative estimate of drug-likeness (QED) is 0.629. The van der Waals surface area contributed by atoms with Crippen molar-refractivity contribution < 1.29 is 14.9 Å². The van der Waals surface area contributed by atoms with Gasteiger partial charge in [0, 0.05) is 6.42 Å². The van der Waals surface area contributed by atoms with Crippen LogP contribution >= 0.6 is 23.2 Å². The van der Waals surface area contributed by atoms with Crippen molar-refractivity contribution in [3.05, 3.63) is 16.8 Å². The van der Waals surface area contributed by atoms with Gasteiger partial charge in [0.2, 0.25) is 5.28 Å². The molecule has 2 aromatic heterocycles. The van der Waals surface area contributed by atoms with Crippen molar-refractivity contribution in [2.75, 3.05) is 6.61 Å². The molecule has 1 saturated heterocycles. The minimum atomic E-state index is -0.736. The van der Waals surface area contributed by atoms with Gasteiger partial charge in [-0.15, -0.1) is 0 Å². The summed E-state index contributed by atoms with van der Waals surface area (Å²) in [6, 6.07) is 0. The average molecular weight is 305 g/mol. The second-order valence-electron chi connectivity index (χ2n) is 4.22. The first-order valence-corrected chi connectivity index (χ1v) is 6.35. The second kappa shape index (κ2) is 4.84. The lowest BCUT2D eigenvalue weighted by Crippen LogP contribution is -2.24. The Labute approximate surface area is 117 Å². The lowest BCUT2D eigenvalue weighted by molar-refractivity contribution is -0.0432. The molecule has 0 amide bonds. The maximum absolute atomic E-state index is 9.74. The van der Waals surface area contributed by atoms with Crippen LogP contribution in [0, 0.1) is 0 Å². The molecule has 3 rings (SSSR count). The molecule has 0 bridgehead atoms. The summed E-state index contributed by atoms with van der Waals surface area (Å²) in [6.45, 7) is -0.249. The lowest BCUT2D eigenvalue weighted by atomic mass is 10.2. The van der Waals surface area contributed by atoms with E-state index in [9.17, 15) is 5.11 Å². The van der Waals surface area contributed by atoms with Gasteiger partial charge in [-0.1, -0.05) is 11.6 Å². The van der Waals surface area contributed by atoms with E-state index in [1.54, 1.807) is 4.57 Å². The van der Waals surface area contributed by atoms with Crippen LogP contribution in [0.3, 0.4) is 0 Å². The van der Waals surface area contributed by atoms with E-state index in [0.29, 0.717) is 17.6 Å². The van der Waals surface area contributed by atoms with Crippen molar-refractivity contribution in [2.24, 2.45) is 0 Å². The Morgan fingerprint density at radius 3 is 2.89 bits per heavy atom. The van der Waals surface area contributed by atoms with Crippen LogP contribution in [-0.4, -0.2) is 48.5 Å². The molecule has 3 atom stereocenters. The number of nitrogens with zero attached hydrogens (tertiary/aromatic N) is 4. The van der Waals surface area contributed by atoms with Gasteiger partial charge in [0.25, 0.3) is 0 Å². The van der Waals surface area contributed by atoms with Gasteiger partial charge in [0.05, 0.1) is 19.0 Å². The average Bonchev–Trinajstić information content (AvgIpc) is 2.92. The Morgan fingerprint density at radius 1 is 1.42 bits per heavy atom. The number of halogens is 2. The van der Waals surface area contributed by atoms with Crippen molar-refractivity contribution in [1.82, 2.24) is 19.5 Å². The molecule has 7 nitrogen and oxygen atoms in total. The van der Waals surface area contributed by atoms with Crippen LogP contribution in [-0.2, 0) is 4.74 Å². The Balaban J connectivity index is 2.02. The van der Waals surface area contributed by atoms with Gasteiger partial charge in [-0.05, 0) is 11.6 Å². The molecule has 0 spiro atoms. The van der Waals surface area contributed by atoms with Gasteiger partial charge < -0.3 is 14.9 Å². The van der Waals surface area contributed by atoms with Crippen molar-refractivity contribution in [1.29, 1.82) is 0 Å². The van der Waals surface area contributed by atoms with E-state index in [4.69, 9.17) is 33.0 Å². The molecule has 1 fully saturated rings. The van der Waals surface area contributed by atoms with Crippen LogP contribution in [0.25, 0.3) is 11.2 Å². The monoisotopic (exact) mass is 304 g/mol. The Bertz CT molecular complexity index is 620. The summed E-state index contributed by atoms with van der Waals surface area (Å²) in [5.74, 6) is 0. The zero-order valence-corrected chi connectivity index (χ0v) is 11.1. The Morgan fingerprint density at radius 2 is 2.21 bits per heavy atom. The number of ether oxygens (including phenoxy) is 1. The number of hydrogen-bond acceptors (Lipinski definition) is 6. The first-order valence-electron chi connectivity index (χ1n) is 5.60. The summed E-state index contributed by atoms with van der Waals surface area (Å²) in [6.07, 6.45) is 0.00360. The number of imidazole rings is 1. The SMILES string of the molecule is OC[C@@H]1O[C@@H](n2cnc3c(Cl)nc(Cl)nc32)C[C@H]1O. The summed E-state index contributed by atoms with van der Waals surface area (Å²) in [5, 5.41) is 19.0. The van der Waals surface area contributed by atoms with E-state index in [1.165, 1.54) is 6.33 Å². The van der Waals surface area contributed by atoms with Gasteiger partial charge in [-0.2, -0.15) is 4.98 Å². The maximum atomic E-state index is 9.74. The summed E-state index contributed by atoms with van der Waals surface area (Å²) < 4.78 is 7.15. The van der Waals surface area contributed by atoms with Gasteiger partial charge in [0.1, 0.15) is 17.8 Å². The minimum Gasteiger partial charge on any atom is -0.394 e. The molecule has 0 aliphatic carbocycles. The lowest BCUT2D eigenvalue weighted by Gasteiger charge is -2.13. The Hall–Kier alpha value is -0.990. The molecule has 1 aliphatic heterocycles.